The van der Waals surface area contributed by atoms with Crippen LogP contribution < -0.4 is 9.47 Å². The summed E-state index contributed by atoms with van der Waals surface area (Å²) in [6, 6.07) is 9.94. The standard InChI is InChI=1S/C37H55FO4/c1-3-5-7-9-11-13-27-42-34-26-25-33(37(39)40)35(36(34)38)31-21-23-32(24-22-31)41-28-14-16-30-19-17-29(18-20-30)15-12-10-8-6-4-2/h21-26,29-30H,3-20,27-28H2,1-2H3,(H,39,40). The first-order valence-corrected chi connectivity index (χ1v) is 16.9. The molecule has 0 bridgehead atoms. The van der Waals surface area contributed by atoms with Gasteiger partial charge in [0.25, 0.3) is 0 Å². The SMILES string of the molecule is CCCCCCCCOc1ccc(C(=O)O)c(-c2ccc(OCCCC3CCC(CCCCCCC)CC3)cc2)c1F. The Morgan fingerprint density at radius 3 is 1.88 bits per heavy atom. The maximum Gasteiger partial charge on any atom is 0.336 e. The number of hydrogen-bond acceptors (Lipinski definition) is 3. The van der Waals surface area contributed by atoms with Crippen LogP contribution in [0.4, 0.5) is 4.39 Å². The second-order valence-corrected chi connectivity index (χ2v) is 12.3. The molecule has 0 aliphatic heterocycles. The summed E-state index contributed by atoms with van der Waals surface area (Å²) in [5.41, 5.74) is 0.495. The molecular formula is C37H55FO4. The highest BCUT2D eigenvalue weighted by molar-refractivity contribution is 5.96. The lowest BCUT2D eigenvalue weighted by molar-refractivity contribution is 0.0697. The third kappa shape index (κ3) is 11.6. The Labute approximate surface area is 254 Å². The van der Waals surface area contributed by atoms with E-state index in [-0.39, 0.29) is 16.9 Å². The number of carboxylic acids is 1. The summed E-state index contributed by atoms with van der Waals surface area (Å²) in [7, 11) is 0. The zero-order chi connectivity index (χ0) is 30.0. The van der Waals surface area contributed by atoms with Gasteiger partial charge in [-0.1, -0.05) is 122 Å². The minimum atomic E-state index is -1.16. The normalized spacial score (nSPS) is 16.8. The molecule has 3 rings (SSSR count). The molecule has 1 N–H and O–H groups in total. The molecule has 0 radical (unpaired) electrons. The van der Waals surface area contributed by atoms with Crippen LogP contribution in [0.2, 0.25) is 0 Å². The molecule has 4 nitrogen and oxygen atoms in total. The van der Waals surface area contributed by atoms with Gasteiger partial charge in [0, 0.05) is 5.56 Å². The van der Waals surface area contributed by atoms with Gasteiger partial charge >= 0.3 is 5.97 Å². The zero-order valence-electron chi connectivity index (χ0n) is 26.3. The molecule has 5 heteroatoms. The number of rotatable bonds is 21. The number of aromatic carboxylic acids is 1. The van der Waals surface area contributed by atoms with E-state index in [2.05, 4.69) is 13.8 Å². The van der Waals surface area contributed by atoms with Crippen LogP contribution in [0, 0.1) is 17.7 Å². The highest BCUT2D eigenvalue weighted by atomic mass is 19.1. The molecule has 1 saturated carbocycles. The van der Waals surface area contributed by atoms with Gasteiger partial charge in [0.05, 0.1) is 18.8 Å². The Morgan fingerprint density at radius 1 is 0.714 bits per heavy atom. The quantitative estimate of drug-likeness (QED) is 0.149. The third-order valence-corrected chi connectivity index (χ3v) is 8.94. The zero-order valence-corrected chi connectivity index (χ0v) is 26.3. The molecule has 1 fully saturated rings. The minimum absolute atomic E-state index is 0.0612. The molecule has 2 aromatic rings. The molecule has 0 amide bonds. The Hall–Kier alpha value is -2.56. The summed E-state index contributed by atoms with van der Waals surface area (Å²) in [4.78, 5) is 11.9. The average molecular weight is 583 g/mol. The molecular weight excluding hydrogens is 527 g/mol. The van der Waals surface area contributed by atoms with Crippen LogP contribution >= 0.6 is 0 Å². The minimum Gasteiger partial charge on any atom is -0.494 e. The Balaban J connectivity index is 1.43. The summed E-state index contributed by atoms with van der Waals surface area (Å²) in [5, 5.41) is 9.71. The fourth-order valence-electron chi connectivity index (χ4n) is 6.32. The molecule has 1 aliphatic rings. The lowest BCUT2D eigenvalue weighted by Gasteiger charge is -2.28. The van der Waals surface area contributed by atoms with Crippen molar-refractivity contribution in [2.45, 2.75) is 129 Å². The van der Waals surface area contributed by atoms with E-state index in [0.717, 1.165) is 43.3 Å². The Kier molecular flexibility index (Phi) is 15.8. The molecule has 1 aliphatic carbocycles. The molecule has 0 heterocycles. The number of halogens is 1. The molecule has 0 atom stereocenters. The van der Waals surface area contributed by atoms with Crippen molar-refractivity contribution >= 4 is 5.97 Å². The largest absolute Gasteiger partial charge is 0.494 e. The number of carbonyl (C=O) groups is 1. The lowest BCUT2D eigenvalue weighted by atomic mass is 9.78. The van der Waals surface area contributed by atoms with Crippen molar-refractivity contribution in [1.82, 2.24) is 0 Å². The summed E-state index contributed by atoms with van der Waals surface area (Å²) in [5.74, 6) is 0.800. The van der Waals surface area contributed by atoms with E-state index < -0.39 is 11.8 Å². The maximum absolute atomic E-state index is 15.5. The number of ether oxygens (including phenoxy) is 2. The summed E-state index contributed by atoms with van der Waals surface area (Å²) >= 11 is 0. The topological polar surface area (TPSA) is 55.8 Å². The van der Waals surface area contributed by atoms with Crippen LogP contribution in [-0.2, 0) is 0 Å². The van der Waals surface area contributed by atoms with E-state index in [9.17, 15) is 9.90 Å². The third-order valence-electron chi connectivity index (χ3n) is 8.94. The van der Waals surface area contributed by atoms with E-state index in [4.69, 9.17) is 9.47 Å². The second kappa shape index (κ2) is 19.6. The van der Waals surface area contributed by atoms with Gasteiger partial charge in [-0.3, -0.25) is 0 Å². The first-order chi connectivity index (χ1) is 20.5. The molecule has 0 aromatic heterocycles. The van der Waals surface area contributed by atoms with E-state index in [1.54, 1.807) is 24.3 Å². The van der Waals surface area contributed by atoms with Crippen molar-refractivity contribution < 1.29 is 23.8 Å². The number of unbranched alkanes of at least 4 members (excludes halogenated alkanes) is 9. The first kappa shape index (κ1) is 33.9. The van der Waals surface area contributed by atoms with Crippen molar-refractivity contribution in [2.75, 3.05) is 13.2 Å². The smallest absolute Gasteiger partial charge is 0.336 e. The predicted molar refractivity (Wildman–Crippen MR) is 171 cm³/mol. The van der Waals surface area contributed by atoms with Crippen molar-refractivity contribution in [1.29, 1.82) is 0 Å². The Morgan fingerprint density at radius 2 is 1.26 bits per heavy atom. The van der Waals surface area contributed by atoms with Crippen molar-refractivity contribution in [3.05, 3.63) is 47.8 Å². The first-order valence-electron chi connectivity index (χ1n) is 16.9. The van der Waals surface area contributed by atoms with Gasteiger partial charge in [-0.2, -0.15) is 0 Å². The van der Waals surface area contributed by atoms with Gasteiger partial charge < -0.3 is 14.6 Å². The Bertz CT molecular complexity index is 1030. The second-order valence-electron chi connectivity index (χ2n) is 12.3. The van der Waals surface area contributed by atoms with Crippen LogP contribution in [0.1, 0.15) is 140 Å². The van der Waals surface area contributed by atoms with Crippen molar-refractivity contribution in [3.63, 3.8) is 0 Å². The monoisotopic (exact) mass is 582 g/mol. The van der Waals surface area contributed by atoms with Crippen molar-refractivity contribution in [3.8, 4) is 22.6 Å². The highest BCUT2D eigenvalue weighted by Crippen LogP contribution is 2.35. The highest BCUT2D eigenvalue weighted by Gasteiger charge is 2.22. The number of benzene rings is 2. The van der Waals surface area contributed by atoms with Gasteiger partial charge in [-0.05, 0) is 60.9 Å². The van der Waals surface area contributed by atoms with Crippen LogP contribution in [0.15, 0.2) is 36.4 Å². The van der Waals surface area contributed by atoms with Gasteiger partial charge in [-0.15, -0.1) is 0 Å². The van der Waals surface area contributed by atoms with Crippen molar-refractivity contribution in [2.24, 2.45) is 11.8 Å². The fourth-order valence-corrected chi connectivity index (χ4v) is 6.32. The fraction of sp³-hybridized carbons (Fsp3) is 0.649. The van der Waals surface area contributed by atoms with Crippen LogP contribution in [0.25, 0.3) is 11.1 Å². The van der Waals surface area contributed by atoms with Crippen LogP contribution in [0.5, 0.6) is 11.5 Å². The maximum atomic E-state index is 15.5. The molecule has 234 valence electrons. The molecule has 42 heavy (non-hydrogen) atoms. The summed E-state index contributed by atoms with van der Waals surface area (Å²) in [6.07, 6.45) is 22.8. The molecule has 0 saturated heterocycles. The van der Waals surface area contributed by atoms with Gasteiger partial charge in [0.2, 0.25) is 0 Å². The van der Waals surface area contributed by atoms with E-state index in [1.165, 1.54) is 102 Å². The number of hydrogen-bond donors (Lipinski definition) is 1. The van der Waals surface area contributed by atoms with Gasteiger partial charge in [-0.25, -0.2) is 9.18 Å². The summed E-state index contributed by atoms with van der Waals surface area (Å²) in [6.45, 7) is 5.54. The lowest BCUT2D eigenvalue weighted by Crippen LogP contribution is -2.15. The molecule has 0 spiro atoms. The van der Waals surface area contributed by atoms with Gasteiger partial charge in [0.15, 0.2) is 11.6 Å². The summed E-state index contributed by atoms with van der Waals surface area (Å²) < 4.78 is 27.2. The average Bonchev–Trinajstić information content (AvgIpc) is 3.00. The molecule has 0 unspecified atom stereocenters. The van der Waals surface area contributed by atoms with E-state index in [1.807, 2.05) is 0 Å². The molecule has 2 aromatic carbocycles. The number of carboxylic acid groups (broad SMARTS) is 1. The van der Waals surface area contributed by atoms with Crippen LogP contribution in [0.3, 0.4) is 0 Å². The van der Waals surface area contributed by atoms with E-state index in [0.29, 0.717) is 18.8 Å². The van der Waals surface area contributed by atoms with E-state index >= 15 is 4.39 Å². The van der Waals surface area contributed by atoms with Crippen LogP contribution in [-0.4, -0.2) is 24.3 Å². The predicted octanol–water partition coefficient (Wildman–Crippen LogP) is 11.3. The van der Waals surface area contributed by atoms with Gasteiger partial charge in [0.1, 0.15) is 5.75 Å².